The Morgan fingerprint density at radius 1 is 0.833 bits per heavy atom. The minimum Gasteiger partial charge on any atom is 0 e. The normalized spacial score (nSPS) is 0. The summed E-state index contributed by atoms with van der Waals surface area (Å²) in [6.45, 7) is 0. The van der Waals surface area contributed by atoms with E-state index in [4.69, 9.17) is 0 Å². The largest absolute Gasteiger partial charge is 0.0814 e. The second kappa shape index (κ2) is 44.0. The van der Waals surface area contributed by atoms with Crippen LogP contribution in [0.5, 0.6) is 0 Å². The van der Waals surface area contributed by atoms with E-state index >= 15 is 0 Å². The van der Waals surface area contributed by atoms with Crippen molar-refractivity contribution in [3.8, 4) is 0 Å². The monoisotopic (exact) mass is 555 g/mol. The molecule has 0 aliphatic heterocycles. The first kappa shape index (κ1) is 64.8. The molecule has 0 aliphatic rings. The molecule has 0 aromatic rings. The molecule has 0 amide bonds. The van der Waals surface area contributed by atoms with Gasteiger partial charge in [0.2, 0.25) is 0 Å². The molecule has 45 valence electrons. The second-order valence-electron chi connectivity index (χ2n) is 0. The molecule has 0 fully saturated rings. The maximum atomic E-state index is 0. The van der Waals surface area contributed by atoms with Crippen molar-refractivity contribution >= 4 is 8.41 Å². The van der Waals surface area contributed by atoms with Gasteiger partial charge in [0.05, 0.1) is 8.41 Å². The van der Waals surface area contributed by atoms with E-state index in [1.54, 1.807) is 0 Å². The molecule has 6 heteroatoms. The van der Waals surface area contributed by atoms with E-state index < -0.39 is 0 Å². The predicted molar refractivity (Wildman–Crippen MR) is 9.94 cm³/mol. The molecule has 0 saturated carbocycles. The van der Waals surface area contributed by atoms with Gasteiger partial charge in [-0.05, 0) is 0 Å². The van der Waals surface area contributed by atoms with Crippen molar-refractivity contribution in [3.63, 3.8) is 0 Å². The van der Waals surface area contributed by atoms with Crippen LogP contribution in [0, 0.1) is 0 Å². The van der Waals surface area contributed by atoms with Crippen LogP contribution in [0.25, 0.3) is 0 Å². The van der Waals surface area contributed by atoms with Crippen molar-refractivity contribution in [2.75, 3.05) is 0 Å². The molecule has 0 heterocycles. The summed E-state index contributed by atoms with van der Waals surface area (Å²) in [7, 11) is 0. The quantitative estimate of drug-likeness (QED) is 0.330. The van der Waals surface area contributed by atoms with Crippen LogP contribution in [-0.2, 0) is 92.5 Å². The van der Waals surface area contributed by atoms with E-state index in [9.17, 15) is 0 Å². The number of hydrogen-bond acceptors (Lipinski definition) is 0. The van der Waals surface area contributed by atoms with Crippen LogP contribution in [0.4, 0.5) is 0 Å². The van der Waals surface area contributed by atoms with E-state index in [2.05, 4.69) is 0 Å². The smallest absolute Gasteiger partial charge is 0 e. The first-order valence-electron chi connectivity index (χ1n) is 0. The fraction of sp³-hybridized carbons (Fsp3) is 0. The molecular formula is H3BCoFeNiW2. The first-order valence-corrected chi connectivity index (χ1v) is 0. The summed E-state index contributed by atoms with van der Waals surface area (Å²) in [5.41, 5.74) is 0. The van der Waals surface area contributed by atoms with Crippen molar-refractivity contribution in [2.24, 2.45) is 0 Å². The minimum absolute atomic E-state index is 0. The molecule has 0 nitrogen and oxygen atoms in total. The maximum absolute atomic E-state index is 0. The van der Waals surface area contributed by atoms with Gasteiger partial charge in [0.25, 0.3) is 0 Å². The summed E-state index contributed by atoms with van der Waals surface area (Å²) in [6, 6.07) is 0. The van der Waals surface area contributed by atoms with Gasteiger partial charge in [-0.1, -0.05) is 0 Å². The first-order chi connectivity index (χ1) is 0. The third-order valence-corrected chi connectivity index (χ3v) is 0. The molecule has 0 N–H and O–H groups in total. The standard InChI is InChI=1S/BH3.Co.Fe.Ni.2W/h1H3;;;;;. The Morgan fingerprint density at radius 3 is 0.833 bits per heavy atom. The Bertz CT molecular complexity index is 13.5. The molecule has 1 radical (unpaired) electrons. The molecule has 0 saturated heterocycles. The zero-order valence-electron chi connectivity index (χ0n) is 1.82. The van der Waals surface area contributed by atoms with Crippen LogP contribution in [0.1, 0.15) is 0 Å². The van der Waals surface area contributed by atoms with Crippen LogP contribution in [-0.4, -0.2) is 8.41 Å². The second-order valence-corrected chi connectivity index (χ2v) is 0. The molecule has 0 aromatic heterocycles. The van der Waals surface area contributed by atoms with Crippen molar-refractivity contribution in [3.05, 3.63) is 0 Å². The van der Waals surface area contributed by atoms with Crippen molar-refractivity contribution in [1.82, 2.24) is 0 Å². The topological polar surface area (TPSA) is 0 Å². The molecule has 0 atom stereocenters. The van der Waals surface area contributed by atoms with E-state index in [0.29, 0.717) is 0 Å². The Morgan fingerprint density at radius 2 is 0.833 bits per heavy atom. The molecular weight excluding hydrogens is 552 g/mol. The van der Waals surface area contributed by atoms with Gasteiger partial charge in [-0.2, -0.15) is 0 Å². The summed E-state index contributed by atoms with van der Waals surface area (Å²) in [5, 5.41) is 0. The SMILES string of the molecule is B.[Co].[Fe].[Ni].[W].[W]. The molecule has 0 aromatic carbocycles. The average Bonchev–Trinajstić information content (AvgIpc) is 0. The summed E-state index contributed by atoms with van der Waals surface area (Å²) < 4.78 is 0. The third-order valence-electron chi connectivity index (χ3n) is 0. The van der Waals surface area contributed by atoms with Crippen LogP contribution in [0.15, 0.2) is 0 Å². The molecule has 0 bridgehead atoms. The van der Waals surface area contributed by atoms with E-state index in [1.165, 1.54) is 0 Å². The average molecular weight is 555 g/mol. The molecule has 6 heavy (non-hydrogen) atoms. The van der Waals surface area contributed by atoms with Crippen molar-refractivity contribution in [2.45, 2.75) is 0 Å². The fourth-order valence-corrected chi connectivity index (χ4v) is 0. The van der Waals surface area contributed by atoms with Gasteiger partial charge in [-0.3, -0.25) is 0 Å². The summed E-state index contributed by atoms with van der Waals surface area (Å²) in [6.07, 6.45) is 0. The summed E-state index contributed by atoms with van der Waals surface area (Å²) >= 11 is 0. The molecule has 0 spiro atoms. The predicted octanol–water partition coefficient (Wildman–Crippen LogP) is -1.20. The van der Waals surface area contributed by atoms with Crippen molar-refractivity contribution < 1.29 is 92.5 Å². The van der Waals surface area contributed by atoms with E-state index in [1.807, 2.05) is 0 Å². The van der Waals surface area contributed by atoms with Crippen LogP contribution in [0.2, 0.25) is 0 Å². The van der Waals surface area contributed by atoms with Crippen LogP contribution < -0.4 is 0 Å². The van der Waals surface area contributed by atoms with Crippen LogP contribution >= 0.6 is 0 Å². The van der Waals surface area contributed by atoms with E-state index in [0.717, 1.165) is 0 Å². The zero-order valence-corrected chi connectivity index (χ0v) is 10.8. The van der Waals surface area contributed by atoms with Crippen LogP contribution in [0.3, 0.4) is 0 Å². The Hall–Kier alpha value is 2.96. The van der Waals surface area contributed by atoms with Crippen molar-refractivity contribution in [1.29, 1.82) is 0 Å². The summed E-state index contributed by atoms with van der Waals surface area (Å²) in [4.78, 5) is 0. The van der Waals surface area contributed by atoms with E-state index in [-0.39, 0.29) is 101 Å². The Balaban J connectivity index is 0. The Kier molecular flexibility index (Phi) is 475. The van der Waals surface area contributed by atoms with Gasteiger partial charge in [0.15, 0.2) is 0 Å². The van der Waals surface area contributed by atoms with Gasteiger partial charge >= 0.3 is 0 Å². The minimum atomic E-state index is 0. The number of rotatable bonds is 0. The van der Waals surface area contributed by atoms with Gasteiger partial charge in [0, 0.05) is 92.5 Å². The molecule has 0 rings (SSSR count). The van der Waals surface area contributed by atoms with Gasteiger partial charge in [-0.25, -0.2) is 0 Å². The summed E-state index contributed by atoms with van der Waals surface area (Å²) in [5.74, 6) is 0. The Labute approximate surface area is 99.4 Å². The zero-order chi connectivity index (χ0) is 0. The fourth-order valence-electron chi connectivity index (χ4n) is 0. The maximum Gasteiger partial charge on any atom is 0.0814 e. The molecule has 0 aliphatic carbocycles. The number of hydrogen-bond donors (Lipinski definition) is 0. The third kappa shape index (κ3) is 28.2. The van der Waals surface area contributed by atoms with Gasteiger partial charge in [0.1, 0.15) is 0 Å². The van der Waals surface area contributed by atoms with Gasteiger partial charge < -0.3 is 0 Å². The van der Waals surface area contributed by atoms with Gasteiger partial charge in [-0.15, -0.1) is 0 Å². The molecule has 0 unspecified atom stereocenters.